The molecule has 1 aromatic rings. The highest BCUT2D eigenvalue weighted by molar-refractivity contribution is 7.91. The Morgan fingerprint density at radius 1 is 1.41 bits per heavy atom. The van der Waals surface area contributed by atoms with Crippen molar-refractivity contribution in [2.75, 3.05) is 23.7 Å². The zero-order chi connectivity index (χ0) is 12.5. The fraction of sp³-hybridized carbons (Fsp3) is 0.500. The smallest absolute Gasteiger partial charge is 0.180 e. The minimum absolute atomic E-state index is 0.0976. The maximum absolute atomic E-state index is 12.0. The Morgan fingerprint density at radius 3 is 2.71 bits per heavy atom. The molecule has 5 heteroatoms. The van der Waals surface area contributed by atoms with Crippen molar-refractivity contribution in [3.05, 3.63) is 24.3 Å². The van der Waals surface area contributed by atoms with Crippen LogP contribution in [0.4, 0.5) is 5.69 Å². The third kappa shape index (κ3) is 2.45. The van der Waals surface area contributed by atoms with Crippen molar-refractivity contribution in [1.29, 1.82) is 0 Å². The zero-order valence-electron chi connectivity index (χ0n) is 9.83. The van der Waals surface area contributed by atoms with Crippen molar-refractivity contribution in [1.82, 2.24) is 0 Å². The lowest BCUT2D eigenvalue weighted by molar-refractivity contribution is 0.198. The number of para-hydroxylation sites is 1. The summed E-state index contributed by atoms with van der Waals surface area (Å²) in [5.74, 6) is 0.0976. The van der Waals surface area contributed by atoms with E-state index in [-0.39, 0.29) is 11.9 Å². The van der Waals surface area contributed by atoms with Crippen LogP contribution < -0.4 is 4.90 Å². The summed E-state index contributed by atoms with van der Waals surface area (Å²) in [4.78, 5) is 2.31. The van der Waals surface area contributed by atoms with Crippen LogP contribution in [0.3, 0.4) is 0 Å². The van der Waals surface area contributed by atoms with E-state index < -0.39 is 9.84 Å². The highest BCUT2D eigenvalue weighted by Crippen LogP contribution is 2.28. The molecule has 1 fully saturated rings. The molecule has 4 nitrogen and oxygen atoms in total. The van der Waals surface area contributed by atoms with Gasteiger partial charge in [0, 0.05) is 13.1 Å². The summed E-state index contributed by atoms with van der Waals surface area (Å²) in [6.07, 6.45) is 0.341. The van der Waals surface area contributed by atoms with E-state index in [0.717, 1.165) is 0 Å². The largest absolute Gasteiger partial charge is 0.391 e. The highest BCUT2D eigenvalue weighted by Gasteiger charge is 2.25. The van der Waals surface area contributed by atoms with Gasteiger partial charge in [-0.05, 0) is 18.6 Å². The van der Waals surface area contributed by atoms with Gasteiger partial charge in [0.05, 0.1) is 22.4 Å². The number of aliphatic hydroxyl groups is 1. The number of hydrogen-bond acceptors (Lipinski definition) is 4. The third-order valence-electron chi connectivity index (χ3n) is 3.08. The second-order valence-electron chi connectivity index (χ2n) is 4.26. The molecular weight excluding hydrogens is 238 g/mol. The summed E-state index contributed by atoms with van der Waals surface area (Å²) >= 11 is 0. The molecule has 17 heavy (non-hydrogen) atoms. The van der Waals surface area contributed by atoms with E-state index in [1.54, 1.807) is 25.1 Å². The van der Waals surface area contributed by atoms with Crippen molar-refractivity contribution in [3.63, 3.8) is 0 Å². The van der Waals surface area contributed by atoms with Crippen molar-refractivity contribution in [3.8, 4) is 0 Å². The number of nitrogens with zero attached hydrogens (tertiary/aromatic N) is 1. The number of benzene rings is 1. The number of sulfone groups is 1. The van der Waals surface area contributed by atoms with E-state index in [1.165, 1.54) is 0 Å². The minimum atomic E-state index is -3.21. The number of rotatable bonds is 3. The molecule has 1 saturated heterocycles. The van der Waals surface area contributed by atoms with Gasteiger partial charge < -0.3 is 10.0 Å². The van der Waals surface area contributed by atoms with Crippen molar-refractivity contribution >= 4 is 15.5 Å². The Balaban J connectivity index is 2.41. The SMILES string of the molecule is CCS(=O)(=O)c1ccccc1N1CCC(O)C1. The second kappa shape index (κ2) is 4.66. The lowest BCUT2D eigenvalue weighted by Gasteiger charge is -2.21. The molecular formula is C12H17NO3S. The molecule has 0 saturated carbocycles. The third-order valence-corrected chi connectivity index (χ3v) is 4.86. The molecule has 0 bridgehead atoms. The molecule has 0 aromatic heterocycles. The van der Waals surface area contributed by atoms with E-state index in [2.05, 4.69) is 0 Å². The van der Waals surface area contributed by atoms with Crippen LogP contribution in [-0.4, -0.2) is 38.5 Å². The van der Waals surface area contributed by atoms with Gasteiger partial charge in [-0.1, -0.05) is 19.1 Å². The number of hydrogen-bond donors (Lipinski definition) is 1. The normalized spacial score (nSPS) is 20.8. The summed E-state index contributed by atoms with van der Waals surface area (Å²) in [6, 6.07) is 7.01. The molecule has 2 rings (SSSR count). The molecule has 0 spiro atoms. The van der Waals surface area contributed by atoms with Gasteiger partial charge >= 0.3 is 0 Å². The Hall–Kier alpha value is -1.07. The zero-order valence-corrected chi connectivity index (χ0v) is 10.7. The standard InChI is InChI=1S/C12H17NO3S/c1-2-17(15,16)12-6-4-3-5-11(12)13-8-7-10(14)9-13/h3-6,10,14H,2,7-9H2,1H3. The first kappa shape index (κ1) is 12.4. The lowest BCUT2D eigenvalue weighted by Crippen LogP contribution is -2.23. The van der Waals surface area contributed by atoms with Gasteiger partial charge in [0.1, 0.15) is 0 Å². The van der Waals surface area contributed by atoms with Crippen LogP contribution in [-0.2, 0) is 9.84 Å². The molecule has 0 aliphatic carbocycles. The molecule has 1 aromatic carbocycles. The Kier molecular flexibility index (Phi) is 3.40. The lowest BCUT2D eigenvalue weighted by atomic mass is 10.3. The van der Waals surface area contributed by atoms with Crippen LogP contribution in [0.25, 0.3) is 0 Å². The van der Waals surface area contributed by atoms with Crippen molar-refractivity contribution < 1.29 is 13.5 Å². The highest BCUT2D eigenvalue weighted by atomic mass is 32.2. The fourth-order valence-corrected chi connectivity index (χ4v) is 3.21. The van der Waals surface area contributed by atoms with Crippen LogP contribution in [0, 0.1) is 0 Å². The minimum Gasteiger partial charge on any atom is -0.391 e. The second-order valence-corrected chi connectivity index (χ2v) is 6.51. The Labute approximate surface area is 102 Å². The van der Waals surface area contributed by atoms with Gasteiger partial charge in [-0.15, -0.1) is 0 Å². The van der Waals surface area contributed by atoms with Crippen LogP contribution in [0.1, 0.15) is 13.3 Å². The fourth-order valence-electron chi connectivity index (χ4n) is 2.10. The molecule has 0 amide bonds. The van der Waals surface area contributed by atoms with E-state index in [9.17, 15) is 13.5 Å². The van der Waals surface area contributed by atoms with E-state index in [4.69, 9.17) is 0 Å². The molecule has 1 atom stereocenters. The van der Waals surface area contributed by atoms with Crippen molar-refractivity contribution in [2.45, 2.75) is 24.3 Å². The van der Waals surface area contributed by atoms with E-state index in [0.29, 0.717) is 30.1 Å². The summed E-state index contributed by atoms with van der Waals surface area (Å²) in [6.45, 7) is 2.86. The maximum atomic E-state index is 12.0. The predicted molar refractivity (Wildman–Crippen MR) is 67.0 cm³/mol. The van der Waals surface area contributed by atoms with Gasteiger partial charge in [-0.2, -0.15) is 0 Å². The molecule has 1 aliphatic rings. The average Bonchev–Trinajstić information content (AvgIpc) is 2.76. The predicted octanol–water partition coefficient (Wildman–Crippen LogP) is 1.05. The Morgan fingerprint density at radius 2 is 2.12 bits per heavy atom. The molecule has 1 N–H and O–H groups in total. The molecule has 1 heterocycles. The number of aliphatic hydroxyl groups excluding tert-OH is 1. The van der Waals surface area contributed by atoms with Gasteiger partial charge in [0.15, 0.2) is 9.84 Å². The summed E-state index contributed by atoms with van der Waals surface area (Å²) in [5, 5.41) is 9.52. The van der Waals surface area contributed by atoms with Gasteiger partial charge in [-0.3, -0.25) is 0 Å². The van der Waals surface area contributed by atoms with E-state index >= 15 is 0 Å². The monoisotopic (exact) mass is 255 g/mol. The molecule has 1 unspecified atom stereocenters. The molecule has 94 valence electrons. The van der Waals surface area contributed by atoms with Crippen LogP contribution in [0.5, 0.6) is 0 Å². The quantitative estimate of drug-likeness (QED) is 0.877. The van der Waals surface area contributed by atoms with Crippen LogP contribution in [0.2, 0.25) is 0 Å². The molecule has 0 radical (unpaired) electrons. The van der Waals surface area contributed by atoms with E-state index in [1.807, 2.05) is 11.0 Å². The summed E-state index contributed by atoms with van der Waals surface area (Å²) in [7, 11) is -3.21. The summed E-state index contributed by atoms with van der Waals surface area (Å²) < 4.78 is 23.9. The van der Waals surface area contributed by atoms with Crippen molar-refractivity contribution in [2.24, 2.45) is 0 Å². The topological polar surface area (TPSA) is 57.6 Å². The summed E-state index contributed by atoms with van der Waals surface area (Å²) in [5.41, 5.74) is 0.714. The van der Waals surface area contributed by atoms with Gasteiger partial charge in [-0.25, -0.2) is 8.42 Å². The first-order valence-electron chi connectivity index (χ1n) is 5.79. The average molecular weight is 255 g/mol. The molecule has 1 aliphatic heterocycles. The number of β-amino-alcohol motifs (C(OH)–C–C–N with tert-alkyl or cyclic N) is 1. The van der Waals surface area contributed by atoms with Crippen LogP contribution in [0.15, 0.2) is 29.2 Å². The maximum Gasteiger partial charge on any atom is 0.180 e. The number of anilines is 1. The Bertz CT molecular complexity index is 498. The first-order valence-corrected chi connectivity index (χ1v) is 7.44. The van der Waals surface area contributed by atoms with Gasteiger partial charge in [0.25, 0.3) is 0 Å². The van der Waals surface area contributed by atoms with Crippen LogP contribution >= 0.6 is 0 Å². The first-order chi connectivity index (χ1) is 8.04. The van der Waals surface area contributed by atoms with Gasteiger partial charge in [0.2, 0.25) is 0 Å².